The third kappa shape index (κ3) is 1.63. The van der Waals surface area contributed by atoms with Gasteiger partial charge in [0.25, 0.3) is 0 Å². The molecule has 0 unspecified atom stereocenters. The van der Waals surface area contributed by atoms with Gasteiger partial charge >= 0.3 is 0 Å². The number of ether oxygens (including phenoxy) is 2. The molecule has 3 rings (SSSR count). The van der Waals surface area contributed by atoms with E-state index in [4.69, 9.17) is 14.6 Å². The van der Waals surface area contributed by atoms with E-state index < -0.39 is 0 Å². The number of aromatic nitrogens is 2. The second-order valence-electron chi connectivity index (χ2n) is 4.08. The molecule has 5 heteroatoms. The van der Waals surface area contributed by atoms with Crippen molar-refractivity contribution in [2.24, 2.45) is 0 Å². The zero-order chi connectivity index (χ0) is 11.8. The van der Waals surface area contributed by atoms with Crippen molar-refractivity contribution in [2.75, 3.05) is 13.4 Å². The Labute approximate surface area is 98.6 Å². The zero-order valence-corrected chi connectivity index (χ0v) is 9.64. The lowest BCUT2D eigenvalue weighted by Crippen LogP contribution is -2.02. The fourth-order valence-electron chi connectivity index (χ4n) is 2.15. The predicted molar refractivity (Wildman–Crippen MR) is 62.3 cm³/mol. The number of nitrogens with zero attached hydrogens (tertiary/aromatic N) is 2. The second-order valence-corrected chi connectivity index (χ2v) is 4.08. The molecule has 0 saturated carbocycles. The summed E-state index contributed by atoms with van der Waals surface area (Å²) < 4.78 is 12.8. The van der Waals surface area contributed by atoms with Gasteiger partial charge in [0.15, 0.2) is 11.5 Å². The minimum atomic E-state index is 0.184. The van der Waals surface area contributed by atoms with E-state index in [2.05, 4.69) is 9.55 Å². The van der Waals surface area contributed by atoms with Gasteiger partial charge in [0.2, 0.25) is 6.79 Å². The van der Waals surface area contributed by atoms with Gasteiger partial charge < -0.3 is 19.1 Å². The molecule has 0 fully saturated rings. The average molecular weight is 234 g/mol. The minimum absolute atomic E-state index is 0.184. The molecular formula is C12H14N2O3. The lowest BCUT2D eigenvalue weighted by atomic mass is 10.2. The summed E-state index contributed by atoms with van der Waals surface area (Å²) in [5, 5.41) is 8.90. The molecule has 1 aromatic carbocycles. The molecule has 1 aliphatic heterocycles. The lowest BCUT2D eigenvalue weighted by Gasteiger charge is -2.05. The van der Waals surface area contributed by atoms with E-state index in [-0.39, 0.29) is 13.4 Å². The number of hydrogen-bond donors (Lipinski definition) is 1. The van der Waals surface area contributed by atoms with Crippen molar-refractivity contribution in [1.82, 2.24) is 9.55 Å². The molecule has 2 aromatic rings. The van der Waals surface area contributed by atoms with Crippen LogP contribution in [0, 0.1) is 6.92 Å². The maximum absolute atomic E-state index is 8.90. The first-order valence-electron chi connectivity index (χ1n) is 5.67. The molecule has 1 N–H and O–H groups in total. The third-order valence-electron chi connectivity index (χ3n) is 2.97. The van der Waals surface area contributed by atoms with Crippen molar-refractivity contribution >= 4 is 11.0 Å². The Hall–Kier alpha value is -1.75. The van der Waals surface area contributed by atoms with E-state index in [1.54, 1.807) is 0 Å². The number of aliphatic hydroxyl groups excluding tert-OH is 1. The van der Waals surface area contributed by atoms with Gasteiger partial charge in [-0.15, -0.1) is 0 Å². The Morgan fingerprint density at radius 2 is 2.12 bits per heavy atom. The quantitative estimate of drug-likeness (QED) is 0.873. The first kappa shape index (κ1) is 10.4. The highest BCUT2D eigenvalue weighted by atomic mass is 16.7. The standard InChI is InChI=1S/C12H14N2O3/c1-8-13-9-5-11-12(17-7-16-11)6-10(9)14(8)3-2-4-15/h5-6,15H,2-4,7H2,1H3. The van der Waals surface area contributed by atoms with Crippen LogP contribution in [0.1, 0.15) is 12.2 Å². The summed E-state index contributed by atoms with van der Waals surface area (Å²) in [6.45, 7) is 3.18. The van der Waals surface area contributed by atoms with Crippen LogP contribution in [-0.4, -0.2) is 28.1 Å². The van der Waals surface area contributed by atoms with Crippen LogP contribution < -0.4 is 9.47 Å². The first-order valence-corrected chi connectivity index (χ1v) is 5.67. The molecule has 0 bridgehead atoms. The Bertz CT molecular complexity index is 562. The molecule has 0 saturated heterocycles. The Kier molecular flexibility index (Phi) is 2.40. The smallest absolute Gasteiger partial charge is 0.231 e. The van der Waals surface area contributed by atoms with E-state index in [1.807, 2.05) is 19.1 Å². The maximum Gasteiger partial charge on any atom is 0.231 e. The van der Waals surface area contributed by atoms with E-state index in [0.29, 0.717) is 0 Å². The third-order valence-corrected chi connectivity index (χ3v) is 2.97. The summed E-state index contributed by atoms with van der Waals surface area (Å²) in [5.74, 6) is 2.46. The minimum Gasteiger partial charge on any atom is -0.454 e. The molecule has 0 atom stereocenters. The van der Waals surface area contributed by atoms with Gasteiger partial charge in [-0.05, 0) is 13.3 Å². The van der Waals surface area contributed by atoms with E-state index in [9.17, 15) is 0 Å². The Morgan fingerprint density at radius 3 is 2.88 bits per heavy atom. The highest BCUT2D eigenvalue weighted by molar-refractivity contribution is 5.80. The number of rotatable bonds is 3. The number of aryl methyl sites for hydroxylation is 2. The van der Waals surface area contributed by atoms with E-state index in [1.165, 1.54) is 0 Å². The van der Waals surface area contributed by atoms with Crippen LogP contribution in [0.25, 0.3) is 11.0 Å². The van der Waals surface area contributed by atoms with Crippen LogP contribution in [0.4, 0.5) is 0 Å². The van der Waals surface area contributed by atoms with Crippen LogP contribution in [-0.2, 0) is 6.54 Å². The molecule has 0 spiro atoms. The largest absolute Gasteiger partial charge is 0.454 e. The van der Waals surface area contributed by atoms with Crippen molar-refractivity contribution in [1.29, 1.82) is 0 Å². The Morgan fingerprint density at radius 1 is 1.35 bits per heavy atom. The summed E-state index contributed by atoms with van der Waals surface area (Å²) in [7, 11) is 0. The van der Waals surface area contributed by atoms with Crippen molar-refractivity contribution in [3.8, 4) is 11.5 Å². The van der Waals surface area contributed by atoms with Gasteiger partial charge in [-0.3, -0.25) is 0 Å². The van der Waals surface area contributed by atoms with Crippen molar-refractivity contribution < 1.29 is 14.6 Å². The molecule has 1 aliphatic rings. The van der Waals surface area contributed by atoms with E-state index in [0.717, 1.165) is 41.3 Å². The molecule has 2 heterocycles. The summed E-state index contributed by atoms with van der Waals surface area (Å²) >= 11 is 0. The molecule has 17 heavy (non-hydrogen) atoms. The van der Waals surface area contributed by atoms with Crippen LogP contribution in [0.15, 0.2) is 12.1 Å². The van der Waals surface area contributed by atoms with Gasteiger partial charge in [0.05, 0.1) is 11.0 Å². The first-order chi connectivity index (χ1) is 8.29. The number of aliphatic hydroxyl groups is 1. The van der Waals surface area contributed by atoms with Gasteiger partial charge in [-0.25, -0.2) is 4.98 Å². The van der Waals surface area contributed by atoms with Gasteiger partial charge in [0.1, 0.15) is 5.82 Å². The molecular weight excluding hydrogens is 220 g/mol. The number of imidazole rings is 1. The van der Waals surface area contributed by atoms with Crippen LogP contribution in [0.2, 0.25) is 0 Å². The Balaban J connectivity index is 2.11. The van der Waals surface area contributed by atoms with Crippen LogP contribution >= 0.6 is 0 Å². The number of hydrogen-bond acceptors (Lipinski definition) is 4. The molecule has 5 nitrogen and oxygen atoms in total. The lowest BCUT2D eigenvalue weighted by molar-refractivity contribution is 0.174. The summed E-state index contributed by atoms with van der Waals surface area (Å²) in [6, 6.07) is 3.86. The summed E-state index contributed by atoms with van der Waals surface area (Å²) in [6.07, 6.45) is 0.723. The highest BCUT2D eigenvalue weighted by Crippen LogP contribution is 2.36. The highest BCUT2D eigenvalue weighted by Gasteiger charge is 2.17. The summed E-state index contributed by atoms with van der Waals surface area (Å²) in [4.78, 5) is 4.49. The predicted octanol–water partition coefficient (Wildman–Crippen LogP) is 1.46. The average Bonchev–Trinajstić information content (AvgIpc) is 2.87. The van der Waals surface area contributed by atoms with Gasteiger partial charge in [-0.2, -0.15) is 0 Å². The normalized spacial score (nSPS) is 13.5. The van der Waals surface area contributed by atoms with Gasteiger partial charge in [0, 0.05) is 25.3 Å². The van der Waals surface area contributed by atoms with Crippen LogP contribution in [0.5, 0.6) is 11.5 Å². The second kappa shape index (κ2) is 3.92. The summed E-state index contributed by atoms with van der Waals surface area (Å²) in [5.41, 5.74) is 1.94. The molecule has 0 amide bonds. The zero-order valence-electron chi connectivity index (χ0n) is 9.64. The van der Waals surface area contributed by atoms with Crippen molar-refractivity contribution in [3.63, 3.8) is 0 Å². The van der Waals surface area contributed by atoms with Crippen LogP contribution in [0.3, 0.4) is 0 Å². The fourth-order valence-corrected chi connectivity index (χ4v) is 2.15. The molecule has 1 aromatic heterocycles. The van der Waals surface area contributed by atoms with Crippen molar-refractivity contribution in [2.45, 2.75) is 19.9 Å². The van der Waals surface area contributed by atoms with Gasteiger partial charge in [-0.1, -0.05) is 0 Å². The fraction of sp³-hybridized carbons (Fsp3) is 0.417. The topological polar surface area (TPSA) is 56.5 Å². The number of benzene rings is 1. The molecule has 0 aliphatic carbocycles. The number of fused-ring (bicyclic) bond motifs is 2. The molecule has 0 radical (unpaired) electrons. The van der Waals surface area contributed by atoms with E-state index >= 15 is 0 Å². The monoisotopic (exact) mass is 234 g/mol. The van der Waals surface area contributed by atoms with Crippen molar-refractivity contribution in [3.05, 3.63) is 18.0 Å². The maximum atomic E-state index is 8.90. The SMILES string of the molecule is Cc1nc2cc3c(cc2n1CCCO)OCO3. The molecule has 90 valence electrons.